The van der Waals surface area contributed by atoms with Crippen molar-refractivity contribution in [1.29, 1.82) is 5.26 Å². The van der Waals surface area contributed by atoms with Gasteiger partial charge in [-0.25, -0.2) is 0 Å². The highest BCUT2D eigenvalue weighted by Crippen LogP contribution is 2.22. The van der Waals surface area contributed by atoms with Gasteiger partial charge in [0.05, 0.1) is 19.3 Å². The van der Waals surface area contributed by atoms with E-state index in [-0.39, 0.29) is 6.10 Å². The molecule has 0 aromatic heterocycles. The average Bonchev–Trinajstić information content (AvgIpc) is 2.45. The van der Waals surface area contributed by atoms with Crippen molar-refractivity contribution >= 4 is 0 Å². The van der Waals surface area contributed by atoms with E-state index in [0.717, 1.165) is 24.5 Å². The predicted molar refractivity (Wildman–Crippen MR) is 80.0 cm³/mol. The minimum absolute atomic E-state index is 0.0592. The summed E-state index contributed by atoms with van der Waals surface area (Å²) in [4.78, 5) is 0. The lowest BCUT2D eigenvalue weighted by Crippen LogP contribution is -2.44. The number of nitrogens with one attached hydrogen (secondary N) is 1. The van der Waals surface area contributed by atoms with E-state index in [1.807, 2.05) is 38.1 Å². The molecule has 2 atom stereocenters. The number of nitrogens with zero attached hydrogens (tertiary/aromatic N) is 1. The highest BCUT2D eigenvalue weighted by atomic mass is 16.5. The maximum absolute atomic E-state index is 9.32. The third-order valence-electron chi connectivity index (χ3n) is 3.09. The van der Waals surface area contributed by atoms with Gasteiger partial charge in [0.2, 0.25) is 0 Å². The van der Waals surface area contributed by atoms with Gasteiger partial charge in [0.25, 0.3) is 0 Å². The molecule has 110 valence electrons. The van der Waals surface area contributed by atoms with Crippen LogP contribution in [0, 0.1) is 11.3 Å². The normalized spacial score (nSPS) is 14.9. The molecule has 0 spiro atoms. The van der Waals surface area contributed by atoms with Crippen molar-refractivity contribution in [2.75, 3.05) is 13.7 Å². The maximum atomic E-state index is 9.32. The maximum Gasteiger partial charge on any atom is 0.123 e. The fourth-order valence-electron chi connectivity index (χ4n) is 2.08. The molecule has 0 radical (unpaired) electrons. The van der Waals surface area contributed by atoms with Crippen LogP contribution in [0.1, 0.15) is 33.6 Å². The molecule has 20 heavy (non-hydrogen) atoms. The zero-order chi connectivity index (χ0) is 15.0. The fourth-order valence-corrected chi connectivity index (χ4v) is 2.08. The van der Waals surface area contributed by atoms with Gasteiger partial charge in [-0.15, -0.1) is 0 Å². The van der Waals surface area contributed by atoms with Crippen molar-refractivity contribution in [3.63, 3.8) is 0 Å². The summed E-state index contributed by atoms with van der Waals surface area (Å²) in [5.74, 6) is 1.52. The van der Waals surface area contributed by atoms with E-state index >= 15 is 0 Å². The first-order valence-corrected chi connectivity index (χ1v) is 7.00. The highest BCUT2D eigenvalue weighted by Gasteiger charge is 2.26. The zero-order valence-electron chi connectivity index (χ0n) is 12.8. The minimum atomic E-state index is -0.561. The molecule has 0 aliphatic heterocycles. The van der Waals surface area contributed by atoms with Crippen LogP contribution < -0.4 is 14.8 Å². The van der Waals surface area contributed by atoms with Gasteiger partial charge in [-0.1, -0.05) is 13.0 Å². The van der Waals surface area contributed by atoms with Crippen molar-refractivity contribution in [3.8, 4) is 17.6 Å². The number of benzene rings is 1. The smallest absolute Gasteiger partial charge is 0.123 e. The van der Waals surface area contributed by atoms with Crippen LogP contribution in [0.4, 0.5) is 0 Å². The molecule has 1 aromatic carbocycles. The Morgan fingerprint density at radius 1 is 1.40 bits per heavy atom. The third kappa shape index (κ3) is 5.10. The van der Waals surface area contributed by atoms with Crippen LogP contribution in [-0.2, 0) is 0 Å². The predicted octanol–water partition coefficient (Wildman–Crippen LogP) is 3.13. The van der Waals surface area contributed by atoms with Gasteiger partial charge in [0.15, 0.2) is 0 Å². The van der Waals surface area contributed by atoms with Gasteiger partial charge >= 0.3 is 0 Å². The molecule has 0 saturated heterocycles. The molecule has 2 unspecified atom stereocenters. The lowest BCUT2D eigenvalue weighted by atomic mass is 9.96. The van der Waals surface area contributed by atoms with Crippen LogP contribution in [0.25, 0.3) is 0 Å². The molecule has 4 heteroatoms. The summed E-state index contributed by atoms with van der Waals surface area (Å²) < 4.78 is 11.0. The summed E-state index contributed by atoms with van der Waals surface area (Å²) in [5.41, 5.74) is -0.561. The molecular formula is C16H24N2O2. The molecule has 0 fully saturated rings. The lowest BCUT2D eigenvalue weighted by Gasteiger charge is -2.27. The summed E-state index contributed by atoms with van der Waals surface area (Å²) in [6.07, 6.45) is 1.57. The number of nitriles is 1. The van der Waals surface area contributed by atoms with E-state index in [4.69, 9.17) is 9.47 Å². The Hall–Kier alpha value is -1.73. The molecule has 1 rings (SSSR count). The molecule has 1 aromatic rings. The molecule has 0 aliphatic rings. The Bertz CT molecular complexity index is 456. The molecule has 4 nitrogen and oxygen atoms in total. The summed E-state index contributed by atoms with van der Waals surface area (Å²) >= 11 is 0. The topological polar surface area (TPSA) is 54.3 Å². The molecular weight excluding hydrogens is 252 g/mol. The molecule has 0 bridgehead atoms. The first-order chi connectivity index (χ1) is 9.53. The van der Waals surface area contributed by atoms with Crippen LogP contribution in [-0.4, -0.2) is 25.3 Å². The van der Waals surface area contributed by atoms with Gasteiger partial charge < -0.3 is 9.47 Å². The lowest BCUT2D eigenvalue weighted by molar-refractivity contribution is 0.179. The number of rotatable bonds is 8. The number of hydrogen-bond acceptors (Lipinski definition) is 4. The molecule has 0 saturated carbocycles. The van der Waals surface area contributed by atoms with Crippen LogP contribution >= 0.6 is 0 Å². The number of methoxy groups -OCH3 is 1. The molecule has 0 heterocycles. The molecule has 0 amide bonds. The van der Waals surface area contributed by atoms with E-state index in [9.17, 15) is 5.26 Å². The van der Waals surface area contributed by atoms with Crippen molar-refractivity contribution in [1.82, 2.24) is 5.32 Å². The van der Waals surface area contributed by atoms with Gasteiger partial charge in [-0.3, -0.25) is 5.32 Å². The highest BCUT2D eigenvalue weighted by molar-refractivity contribution is 5.33. The standard InChI is InChI=1S/C16H24N2O2/c1-5-9-18-16(3,12-17)11-13(2)20-15-8-6-7-14(10-15)19-4/h6-8,10,13,18H,5,9,11H2,1-4H3. The quantitative estimate of drug-likeness (QED) is 0.792. The van der Waals surface area contributed by atoms with E-state index in [1.54, 1.807) is 7.11 Å². The van der Waals surface area contributed by atoms with Gasteiger partial charge in [-0.2, -0.15) is 5.26 Å². The number of hydrogen-bond donors (Lipinski definition) is 1. The Kier molecular flexibility index (Phi) is 6.33. The molecule has 1 N–H and O–H groups in total. The summed E-state index contributed by atoms with van der Waals surface area (Å²) in [7, 11) is 1.63. The fraction of sp³-hybridized carbons (Fsp3) is 0.562. The summed E-state index contributed by atoms with van der Waals surface area (Å²) in [6, 6.07) is 9.84. The zero-order valence-corrected chi connectivity index (χ0v) is 12.8. The second-order valence-corrected chi connectivity index (χ2v) is 5.18. The van der Waals surface area contributed by atoms with Crippen molar-refractivity contribution in [2.45, 2.75) is 45.3 Å². The second kappa shape index (κ2) is 7.76. The van der Waals surface area contributed by atoms with Crippen LogP contribution in [0.2, 0.25) is 0 Å². The van der Waals surface area contributed by atoms with Crippen LogP contribution in [0.3, 0.4) is 0 Å². The van der Waals surface area contributed by atoms with Crippen molar-refractivity contribution in [2.24, 2.45) is 0 Å². The second-order valence-electron chi connectivity index (χ2n) is 5.18. The average molecular weight is 276 g/mol. The Morgan fingerprint density at radius 3 is 2.70 bits per heavy atom. The van der Waals surface area contributed by atoms with E-state index in [1.165, 1.54) is 0 Å². The SMILES string of the molecule is CCCNC(C)(C#N)CC(C)Oc1cccc(OC)c1. The minimum Gasteiger partial charge on any atom is -0.497 e. The van der Waals surface area contributed by atoms with Gasteiger partial charge in [0.1, 0.15) is 17.0 Å². The van der Waals surface area contributed by atoms with Crippen molar-refractivity contribution in [3.05, 3.63) is 24.3 Å². The van der Waals surface area contributed by atoms with Crippen LogP contribution in [0.15, 0.2) is 24.3 Å². The Labute approximate surface area is 121 Å². The van der Waals surface area contributed by atoms with E-state index in [2.05, 4.69) is 18.3 Å². The third-order valence-corrected chi connectivity index (χ3v) is 3.09. The van der Waals surface area contributed by atoms with Gasteiger partial charge in [0, 0.05) is 12.5 Å². The molecule has 0 aliphatic carbocycles. The Morgan fingerprint density at radius 2 is 2.10 bits per heavy atom. The first kappa shape index (κ1) is 16.3. The van der Waals surface area contributed by atoms with E-state index < -0.39 is 5.54 Å². The Balaban J connectivity index is 2.61. The number of ether oxygens (including phenoxy) is 2. The largest absolute Gasteiger partial charge is 0.497 e. The van der Waals surface area contributed by atoms with Crippen molar-refractivity contribution < 1.29 is 9.47 Å². The summed E-state index contributed by atoms with van der Waals surface area (Å²) in [6.45, 7) is 6.80. The first-order valence-electron chi connectivity index (χ1n) is 7.00. The van der Waals surface area contributed by atoms with Gasteiger partial charge in [-0.05, 0) is 38.9 Å². The summed E-state index contributed by atoms with van der Waals surface area (Å²) in [5, 5.41) is 12.6. The monoisotopic (exact) mass is 276 g/mol. The van der Waals surface area contributed by atoms with E-state index in [0.29, 0.717) is 6.42 Å². The van der Waals surface area contributed by atoms with Crippen LogP contribution in [0.5, 0.6) is 11.5 Å².